The van der Waals surface area contributed by atoms with Crippen LogP contribution in [-0.2, 0) is 24.8 Å². The Hall–Kier alpha value is -2.15. The Morgan fingerprint density at radius 1 is 1.46 bits per heavy atom. The lowest BCUT2D eigenvalue weighted by molar-refractivity contribution is 0.0364. The van der Waals surface area contributed by atoms with Gasteiger partial charge >= 0.3 is 0 Å². The summed E-state index contributed by atoms with van der Waals surface area (Å²) in [6, 6.07) is 3.81. The van der Waals surface area contributed by atoms with Gasteiger partial charge in [0.1, 0.15) is 5.69 Å². The Morgan fingerprint density at radius 2 is 2.33 bits per heavy atom. The highest BCUT2D eigenvalue weighted by Gasteiger charge is 2.26. The first kappa shape index (κ1) is 16.7. The summed E-state index contributed by atoms with van der Waals surface area (Å²) in [5.74, 6) is 0.0309. The van der Waals surface area contributed by atoms with Crippen LogP contribution < -0.4 is 0 Å². The maximum Gasteiger partial charge on any atom is 0.272 e. The molecule has 7 nitrogen and oxygen atoms in total. The van der Waals surface area contributed by atoms with Gasteiger partial charge in [0.05, 0.1) is 18.3 Å². The summed E-state index contributed by atoms with van der Waals surface area (Å²) in [4.78, 5) is 14.8. The molecule has 1 fully saturated rings. The Morgan fingerprint density at radius 3 is 3.08 bits per heavy atom. The van der Waals surface area contributed by atoms with E-state index in [1.807, 2.05) is 35.0 Å². The van der Waals surface area contributed by atoms with Crippen molar-refractivity contribution in [3.8, 4) is 0 Å². The van der Waals surface area contributed by atoms with Gasteiger partial charge in [-0.15, -0.1) is 0 Å². The molecule has 2 aromatic rings. The van der Waals surface area contributed by atoms with Gasteiger partial charge in [-0.1, -0.05) is 13.3 Å². The molecule has 1 amide bonds. The van der Waals surface area contributed by atoms with Crippen LogP contribution in [0.25, 0.3) is 0 Å². The molecule has 24 heavy (non-hydrogen) atoms. The number of hydrogen-bond donors (Lipinski definition) is 0. The second-order valence-electron chi connectivity index (χ2n) is 6.22. The topological polar surface area (TPSA) is 65.2 Å². The van der Waals surface area contributed by atoms with Crippen molar-refractivity contribution in [2.24, 2.45) is 7.05 Å². The third-order valence-corrected chi connectivity index (χ3v) is 4.24. The van der Waals surface area contributed by atoms with Crippen LogP contribution in [0.4, 0.5) is 0 Å². The van der Waals surface area contributed by atoms with E-state index < -0.39 is 0 Å². The van der Waals surface area contributed by atoms with Gasteiger partial charge in [-0.2, -0.15) is 10.2 Å². The summed E-state index contributed by atoms with van der Waals surface area (Å²) >= 11 is 0. The fourth-order valence-corrected chi connectivity index (χ4v) is 3.07. The molecule has 0 aliphatic carbocycles. The predicted octanol–water partition coefficient (Wildman–Crippen LogP) is 1.50. The van der Waals surface area contributed by atoms with E-state index in [0.717, 1.165) is 25.0 Å². The van der Waals surface area contributed by atoms with Gasteiger partial charge in [-0.25, -0.2) is 0 Å². The first-order valence-electron chi connectivity index (χ1n) is 8.58. The van der Waals surface area contributed by atoms with Gasteiger partial charge in [0.15, 0.2) is 0 Å². The fraction of sp³-hybridized carbons (Fsp3) is 0.588. The second-order valence-corrected chi connectivity index (χ2v) is 6.22. The van der Waals surface area contributed by atoms with Crippen molar-refractivity contribution in [2.45, 2.75) is 38.8 Å². The number of rotatable bonds is 5. The zero-order chi connectivity index (χ0) is 16.9. The van der Waals surface area contributed by atoms with E-state index in [0.29, 0.717) is 31.9 Å². The molecule has 1 saturated heterocycles. The quantitative estimate of drug-likeness (QED) is 0.833. The number of carbonyl (C=O) groups is 1. The molecule has 3 rings (SSSR count). The van der Waals surface area contributed by atoms with Crippen molar-refractivity contribution in [3.63, 3.8) is 0 Å². The number of carbonyl (C=O) groups excluding carboxylic acids is 1. The highest BCUT2D eigenvalue weighted by atomic mass is 16.5. The SMILES string of the molecule is CCCc1cc(C(=O)N2CCCO[C@H](Cn3cccn3)C2)n(C)n1. The zero-order valence-electron chi connectivity index (χ0n) is 14.4. The average molecular weight is 331 g/mol. The summed E-state index contributed by atoms with van der Waals surface area (Å²) in [5, 5.41) is 8.67. The predicted molar refractivity (Wildman–Crippen MR) is 89.7 cm³/mol. The zero-order valence-corrected chi connectivity index (χ0v) is 14.4. The van der Waals surface area contributed by atoms with Crippen LogP contribution >= 0.6 is 0 Å². The maximum atomic E-state index is 12.9. The van der Waals surface area contributed by atoms with Crippen LogP contribution in [0.1, 0.15) is 35.9 Å². The fourth-order valence-electron chi connectivity index (χ4n) is 3.07. The van der Waals surface area contributed by atoms with Crippen LogP contribution in [0.15, 0.2) is 24.5 Å². The van der Waals surface area contributed by atoms with E-state index in [1.54, 1.807) is 10.9 Å². The third kappa shape index (κ3) is 3.84. The van der Waals surface area contributed by atoms with E-state index in [1.165, 1.54) is 0 Å². The van der Waals surface area contributed by atoms with Gasteiger partial charge in [0.25, 0.3) is 5.91 Å². The van der Waals surface area contributed by atoms with Crippen molar-refractivity contribution < 1.29 is 9.53 Å². The largest absolute Gasteiger partial charge is 0.374 e. The van der Waals surface area contributed by atoms with Crippen molar-refractivity contribution >= 4 is 5.91 Å². The minimum Gasteiger partial charge on any atom is -0.374 e. The van der Waals surface area contributed by atoms with Gasteiger partial charge in [-0.05, 0) is 25.0 Å². The molecule has 2 aromatic heterocycles. The van der Waals surface area contributed by atoms with E-state index in [9.17, 15) is 4.79 Å². The minimum absolute atomic E-state index is 0.0309. The summed E-state index contributed by atoms with van der Waals surface area (Å²) in [6.07, 6.45) is 6.39. The first-order chi connectivity index (χ1) is 11.7. The number of ether oxygens (including phenoxy) is 1. The number of aromatic nitrogens is 4. The van der Waals surface area contributed by atoms with Crippen molar-refractivity contribution in [1.29, 1.82) is 0 Å². The molecule has 0 spiro atoms. The highest BCUT2D eigenvalue weighted by Crippen LogP contribution is 2.14. The summed E-state index contributed by atoms with van der Waals surface area (Å²) < 4.78 is 9.43. The molecule has 3 heterocycles. The summed E-state index contributed by atoms with van der Waals surface area (Å²) in [6.45, 7) is 4.73. The molecule has 0 N–H and O–H groups in total. The highest BCUT2D eigenvalue weighted by molar-refractivity contribution is 5.92. The first-order valence-corrected chi connectivity index (χ1v) is 8.58. The molecular formula is C17H25N5O2. The van der Waals surface area contributed by atoms with E-state index >= 15 is 0 Å². The third-order valence-electron chi connectivity index (χ3n) is 4.24. The van der Waals surface area contributed by atoms with Gasteiger partial charge < -0.3 is 9.64 Å². The van der Waals surface area contributed by atoms with Crippen LogP contribution in [0.5, 0.6) is 0 Å². The van der Waals surface area contributed by atoms with E-state index in [4.69, 9.17) is 4.74 Å². The normalized spacial score (nSPS) is 18.6. The van der Waals surface area contributed by atoms with Crippen LogP contribution in [0.2, 0.25) is 0 Å². The van der Waals surface area contributed by atoms with Gasteiger partial charge in [-0.3, -0.25) is 14.2 Å². The van der Waals surface area contributed by atoms with E-state index in [-0.39, 0.29) is 12.0 Å². The lowest BCUT2D eigenvalue weighted by atomic mass is 10.2. The average Bonchev–Trinajstić information content (AvgIpc) is 3.12. The molecule has 0 bridgehead atoms. The van der Waals surface area contributed by atoms with Crippen LogP contribution in [-0.4, -0.2) is 56.2 Å². The minimum atomic E-state index is -0.0420. The summed E-state index contributed by atoms with van der Waals surface area (Å²) in [7, 11) is 1.84. The molecule has 0 saturated carbocycles. The molecule has 0 radical (unpaired) electrons. The smallest absolute Gasteiger partial charge is 0.272 e. The summed E-state index contributed by atoms with van der Waals surface area (Å²) in [5.41, 5.74) is 1.63. The molecule has 0 unspecified atom stereocenters. The number of hydrogen-bond acceptors (Lipinski definition) is 4. The Balaban J connectivity index is 1.70. The number of amides is 1. The lowest BCUT2D eigenvalue weighted by Crippen LogP contribution is -2.39. The van der Waals surface area contributed by atoms with Gasteiger partial charge in [0.2, 0.25) is 0 Å². The Bertz CT molecular complexity index is 665. The van der Waals surface area contributed by atoms with Crippen molar-refractivity contribution in [1.82, 2.24) is 24.5 Å². The molecule has 130 valence electrons. The Labute approximate surface area is 142 Å². The molecular weight excluding hydrogens is 306 g/mol. The number of nitrogens with zero attached hydrogens (tertiary/aromatic N) is 5. The number of aryl methyl sites for hydroxylation is 2. The van der Waals surface area contributed by atoms with Crippen LogP contribution in [0, 0.1) is 0 Å². The monoisotopic (exact) mass is 331 g/mol. The lowest BCUT2D eigenvalue weighted by Gasteiger charge is -2.24. The molecule has 7 heteroatoms. The second kappa shape index (κ2) is 7.61. The van der Waals surface area contributed by atoms with Crippen molar-refractivity contribution in [3.05, 3.63) is 35.9 Å². The molecule has 1 aliphatic heterocycles. The van der Waals surface area contributed by atoms with Crippen LogP contribution in [0.3, 0.4) is 0 Å². The van der Waals surface area contributed by atoms with E-state index in [2.05, 4.69) is 17.1 Å². The molecule has 0 aromatic carbocycles. The van der Waals surface area contributed by atoms with Crippen molar-refractivity contribution in [2.75, 3.05) is 19.7 Å². The maximum absolute atomic E-state index is 12.9. The molecule has 1 aliphatic rings. The standard InChI is InChI=1S/C17H25N5O2/c1-3-6-14-11-16(20(2)19-14)17(23)21-8-5-10-24-15(12-21)13-22-9-4-7-18-22/h4,7,9,11,15H,3,5-6,8,10,12-13H2,1-2H3/t15-/m0/s1. The Kier molecular flexibility index (Phi) is 5.30. The van der Waals surface area contributed by atoms with Gasteiger partial charge in [0, 0.05) is 39.1 Å². The molecule has 1 atom stereocenters.